The van der Waals surface area contributed by atoms with Crippen molar-refractivity contribution in [1.82, 2.24) is 4.98 Å². The Balaban J connectivity index is 2.30. The summed E-state index contributed by atoms with van der Waals surface area (Å²) < 4.78 is 10.9. The van der Waals surface area contributed by atoms with Gasteiger partial charge in [0, 0.05) is 13.3 Å². The third kappa shape index (κ3) is 2.35. The van der Waals surface area contributed by atoms with Crippen LogP contribution in [0.5, 0.6) is 5.75 Å². The summed E-state index contributed by atoms with van der Waals surface area (Å²) >= 11 is 0. The molecule has 1 aromatic heterocycles. The molecular weight excluding hydrogens is 230 g/mol. The van der Waals surface area contributed by atoms with Crippen molar-refractivity contribution in [2.45, 2.75) is 43.8 Å². The Hall–Kier alpha value is -1.13. The predicted octanol–water partition coefficient (Wildman–Crippen LogP) is 2.47. The van der Waals surface area contributed by atoms with E-state index in [1.54, 1.807) is 26.5 Å². The highest BCUT2D eigenvalue weighted by Crippen LogP contribution is 2.42. The standard InChI is InChI=1S/C14H21NO3/c1-17-11-7-6-10-15-12(11)13(16)14(18-2)8-4-3-5-9-14/h6-7,10,13,16H,3-5,8-9H2,1-2H3. The zero-order valence-corrected chi connectivity index (χ0v) is 11.1. The van der Waals surface area contributed by atoms with Gasteiger partial charge >= 0.3 is 0 Å². The smallest absolute Gasteiger partial charge is 0.143 e. The van der Waals surface area contributed by atoms with E-state index in [2.05, 4.69) is 4.98 Å². The van der Waals surface area contributed by atoms with Crippen LogP contribution in [0.25, 0.3) is 0 Å². The van der Waals surface area contributed by atoms with Crippen molar-refractivity contribution in [3.63, 3.8) is 0 Å². The van der Waals surface area contributed by atoms with E-state index >= 15 is 0 Å². The van der Waals surface area contributed by atoms with Crippen LogP contribution in [-0.4, -0.2) is 29.9 Å². The van der Waals surface area contributed by atoms with Crippen LogP contribution in [0.1, 0.15) is 43.9 Å². The minimum Gasteiger partial charge on any atom is -0.495 e. The van der Waals surface area contributed by atoms with Crippen molar-refractivity contribution in [1.29, 1.82) is 0 Å². The van der Waals surface area contributed by atoms with Gasteiger partial charge in [0.15, 0.2) is 0 Å². The fourth-order valence-corrected chi connectivity index (χ4v) is 2.77. The highest BCUT2D eigenvalue weighted by Gasteiger charge is 2.41. The van der Waals surface area contributed by atoms with Gasteiger partial charge in [-0.05, 0) is 25.0 Å². The second-order valence-corrected chi connectivity index (χ2v) is 4.82. The minimum absolute atomic E-state index is 0.514. The molecule has 1 saturated carbocycles. The molecule has 1 aliphatic carbocycles. The minimum atomic E-state index is -0.737. The topological polar surface area (TPSA) is 51.6 Å². The third-order valence-electron chi connectivity index (χ3n) is 3.88. The van der Waals surface area contributed by atoms with Crippen LogP contribution < -0.4 is 4.74 Å². The van der Waals surface area contributed by atoms with Crippen LogP contribution in [0.15, 0.2) is 18.3 Å². The number of aliphatic hydroxyl groups excluding tert-OH is 1. The molecular formula is C14H21NO3. The first-order valence-electron chi connectivity index (χ1n) is 6.45. The number of hydrogen-bond donors (Lipinski definition) is 1. The second-order valence-electron chi connectivity index (χ2n) is 4.82. The van der Waals surface area contributed by atoms with Gasteiger partial charge in [-0.25, -0.2) is 0 Å². The summed E-state index contributed by atoms with van der Waals surface area (Å²) in [5, 5.41) is 10.6. The molecule has 0 aromatic carbocycles. The molecule has 0 amide bonds. The number of methoxy groups -OCH3 is 2. The number of aliphatic hydroxyl groups is 1. The highest BCUT2D eigenvalue weighted by molar-refractivity contribution is 5.30. The number of nitrogens with zero attached hydrogens (tertiary/aromatic N) is 1. The predicted molar refractivity (Wildman–Crippen MR) is 68.6 cm³/mol. The highest BCUT2D eigenvalue weighted by atomic mass is 16.5. The Bertz CT molecular complexity index is 388. The van der Waals surface area contributed by atoms with E-state index in [1.807, 2.05) is 6.07 Å². The first-order valence-corrected chi connectivity index (χ1v) is 6.45. The molecule has 4 nitrogen and oxygen atoms in total. The van der Waals surface area contributed by atoms with E-state index < -0.39 is 11.7 Å². The van der Waals surface area contributed by atoms with Crippen molar-refractivity contribution in [3.8, 4) is 5.75 Å². The Labute approximate surface area is 108 Å². The molecule has 0 radical (unpaired) electrons. The Morgan fingerprint density at radius 2 is 2.00 bits per heavy atom. The number of aromatic nitrogens is 1. The van der Waals surface area contributed by atoms with Gasteiger partial charge < -0.3 is 14.6 Å². The van der Waals surface area contributed by atoms with Gasteiger partial charge in [-0.2, -0.15) is 0 Å². The molecule has 1 aromatic rings. The van der Waals surface area contributed by atoms with Gasteiger partial charge in [0.2, 0.25) is 0 Å². The largest absolute Gasteiger partial charge is 0.495 e. The van der Waals surface area contributed by atoms with Gasteiger partial charge in [-0.3, -0.25) is 4.98 Å². The van der Waals surface area contributed by atoms with Gasteiger partial charge in [0.05, 0.1) is 12.7 Å². The van der Waals surface area contributed by atoms with Crippen molar-refractivity contribution in [3.05, 3.63) is 24.0 Å². The van der Waals surface area contributed by atoms with Crippen molar-refractivity contribution in [2.75, 3.05) is 14.2 Å². The summed E-state index contributed by atoms with van der Waals surface area (Å²) in [6.07, 6.45) is 6.04. The molecule has 2 rings (SSSR count). The lowest BCUT2D eigenvalue weighted by molar-refractivity contribution is -0.127. The fraction of sp³-hybridized carbons (Fsp3) is 0.643. The maximum Gasteiger partial charge on any atom is 0.143 e. The fourth-order valence-electron chi connectivity index (χ4n) is 2.77. The lowest BCUT2D eigenvalue weighted by Crippen LogP contribution is -2.41. The SMILES string of the molecule is COc1cccnc1C(O)C1(OC)CCCCC1. The quantitative estimate of drug-likeness (QED) is 0.893. The molecule has 100 valence electrons. The molecule has 1 unspecified atom stereocenters. The van der Waals surface area contributed by atoms with Crippen LogP contribution in [0.4, 0.5) is 0 Å². The number of rotatable bonds is 4. The molecule has 1 N–H and O–H groups in total. The first-order chi connectivity index (χ1) is 8.73. The molecule has 1 aliphatic rings. The van der Waals surface area contributed by atoms with Crippen LogP contribution in [-0.2, 0) is 4.74 Å². The zero-order chi connectivity index (χ0) is 13.0. The Morgan fingerprint density at radius 3 is 2.61 bits per heavy atom. The maximum atomic E-state index is 10.6. The van der Waals surface area contributed by atoms with E-state index in [0.29, 0.717) is 11.4 Å². The van der Waals surface area contributed by atoms with Crippen molar-refractivity contribution >= 4 is 0 Å². The maximum absolute atomic E-state index is 10.6. The zero-order valence-electron chi connectivity index (χ0n) is 11.1. The van der Waals surface area contributed by atoms with Gasteiger partial charge in [-0.1, -0.05) is 19.3 Å². The molecule has 1 fully saturated rings. The number of pyridine rings is 1. The van der Waals surface area contributed by atoms with Gasteiger partial charge in [0.1, 0.15) is 17.5 Å². The van der Waals surface area contributed by atoms with E-state index in [1.165, 1.54) is 6.42 Å². The Morgan fingerprint density at radius 1 is 1.28 bits per heavy atom. The molecule has 4 heteroatoms. The normalized spacial score (nSPS) is 20.4. The lowest BCUT2D eigenvalue weighted by Gasteiger charge is -2.39. The van der Waals surface area contributed by atoms with Crippen LogP contribution in [0.3, 0.4) is 0 Å². The monoisotopic (exact) mass is 251 g/mol. The van der Waals surface area contributed by atoms with Crippen LogP contribution in [0.2, 0.25) is 0 Å². The molecule has 0 bridgehead atoms. The van der Waals surface area contributed by atoms with Crippen molar-refractivity contribution in [2.24, 2.45) is 0 Å². The number of hydrogen-bond acceptors (Lipinski definition) is 4. The summed E-state index contributed by atoms with van der Waals surface area (Å²) in [5.74, 6) is 0.618. The molecule has 18 heavy (non-hydrogen) atoms. The molecule has 0 spiro atoms. The van der Waals surface area contributed by atoms with Gasteiger partial charge in [0.25, 0.3) is 0 Å². The third-order valence-corrected chi connectivity index (χ3v) is 3.88. The molecule has 0 saturated heterocycles. The van der Waals surface area contributed by atoms with Crippen LogP contribution >= 0.6 is 0 Å². The average Bonchev–Trinajstić information content (AvgIpc) is 2.47. The summed E-state index contributed by atoms with van der Waals surface area (Å²) in [6.45, 7) is 0. The summed E-state index contributed by atoms with van der Waals surface area (Å²) in [6, 6.07) is 3.62. The molecule has 1 heterocycles. The van der Waals surface area contributed by atoms with E-state index in [-0.39, 0.29) is 0 Å². The summed E-state index contributed by atoms with van der Waals surface area (Å²) in [4.78, 5) is 4.26. The molecule has 1 atom stereocenters. The van der Waals surface area contributed by atoms with Crippen LogP contribution in [0, 0.1) is 0 Å². The lowest BCUT2D eigenvalue weighted by atomic mass is 9.79. The average molecular weight is 251 g/mol. The first kappa shape index (κ1) is 13.3. The van der Waals surface area contributed by atoms with Crippen molar-refractivity contribution < 1.29 is 14.6 Å². The Kier molecular flexibility index (Phi) is 4.19. The number of ether oxygens (including phenoxy) is 2. The summed E-state index contributed by atoms with van der Waals surface area (Å²) in [5.41, 5.74) is 0.0589. The van der Waals surface area contributed by atoms with E-state index in [4.69, 9.17) is 9.47 Å². The molecule has 0 aliphatic heterocycles. The van der Waals surface area contributed by atoms with E-state index in [0.717, 1.165) is 25.7 Å². The van der Waals surface area contributed by atoms with E-state index in [9.17, 15) is 5.11 Å². The second kappa shape index (κ2) is 5.67. The van der Waals surface area contributed by atoms with Gasteiger partial charge in [-0.15, -0.1) is 0 Å². The summed E-state index contributed by atoms with van der Waals surface area (Å²) in [7, 11) is 3.26.